The maximum absolute atomic E-state index is 12.2. The second-order valence-electron chi connectivity index (χ2n) is 5.20. The summed E-state index contributed by atoms with van der Waals surface area (Å²) in [5, 5.41) is 18.7. The summed E-state index contributed by atoms with van der Waals surface area (Å²) in [5.41, 5.74) is 0.823. The minimum absolute atomic E-state index is 0.100. The van der Waals surface area contributed by atoms with Gasteiger partial charge in [0.1, 0.15) is 5.75 Å². The fourth-order valence-corrected chi connectivity index (χ4v) is 2.56. The average molecular weight is 278 g/mol. The lowest BCUT2D eigenvalue weighted by Gasteiger charge is -2.29. The molecule has 1 aliphatic rings. The van der Waals surface area contributed by atoms with Crippen molar-refractivity contribution in [3.05, 3.63) is 29.8 Å². The molecule has 1 fully saturated rings. The molecule has 5 nitrogen and oxygen atoms in total. The van der Waals surface area contributed by atoms with Crippen molar-refractivity contribution in [2.75, 3.05) is 0 Å². The van der Waals surface area contributed by atoms with Crippen LogP contribution >= 0.6 is 0 Å². The van der Waals surface area contributed by atoms with Crippen LogP contribution in [0, 0.1) is 18.8 Å². The van der Waals surface area contributed by atoms with Crippen molar-refractivity contribution >= 4 is 11.9 Å². The predicted octanol–water partition coefficient (Wildman–Crippen LogP) is 1.76. The molecule has 20 heavy (non-hydrogen) atoms. The standard InChI is InChI=1S/C15H18O5/c1-9-4-2-3-5-13(9)20-15(19)11-7-6-10(16)8-12(11)14(17)18/h2-5,10-12,16H,6-8H2,1H3,(H,17,18). The van der Waals surface area contributed by atoms with Crippen LogP contribution in [0.15, 0.2) is 24.3 Å². The first-order valence-electron chi connectivity index (χ1n) is 6.67. The van der Waals surface area contributed by atoms with Crippen molar-refractivity contribution in [3.63, 3.8) is 0 Å². The van der Waals surface area contributed by atoms with Gasteiger partial charge in [0.05, 0.1) is 17.9 Å². The maximum atomic E-state index is 12.2. The number of aliphatic carboxylic acids is 1. The number of ether oxygens (including phenoxy) is 1. The number of esters is 1. The summed E-state index contributed by atoms with van der Waals surface area (Å²) in [6, 6.07) is 7.10. The van der Waals surface area contributed by atoms with Crippen LogP contribution in [0.4, 0.5) is 0 Å². The van der Waals surface area contributed by atoms with Crippen LogP contribution in [0.5, 0.6) is 5.75 Å². The molecule has 2 N–H and O–H groups in total. The molecule has 0 aromatic heterocycles. The van der Waals surface area contributed by atoms with Gasteiger partial charge >= 0.3 is 11.9 Å². The molecule has 5 heteroatoms. The predicted molar refractivity (Wildman–Crippen MR) is 71.3 cm³/mol. The SMILES string of the molecule is Cc1ccccc1OC(=O)C1CCC(O)CC1C(=O)O. The van der Waals surface area contributed by atoms with Gasteiger partial charge in [0, 0.05) is 0 Å². The van der Waals surface area contributed by atoms with E-state index in [2.05, 4.69) is 0 Å². The number of carboxylic acids is 1. The molecule has 2 rings (SSSR count). The van der Waals surface area contributed by atoms with E-state index in [9.17, 15) is 19.8 Å². The molecule has 108 valence electrons. The summed E-state index contributed by atoms with van der Waals surface area (Å²) in [6.45, 7) is 1.82. The normalized spacial score (nSPS) is 26.0. The quantitative estimate of drug-likeness (QED) is 0.650. The molecule has 0 amide bonds. The van der Waals surface area contributed by atoms with Crippen LogP contribution in [-0.2, 0) is 9.59 Å². The Morgan fingerprint density at radius 2 is 1.90 bits per heavy atom. The van der Waals surface area contributed by atoms with Crippen LogP contribution in [-0.4, -0.2) is 28.3 Å². The molecule has 0 radical (unpaired) electrons. The fourth-order valence-electron chi connectivity index (χ4n) is 2.56. The molecule has 3 unspecified atom stereocenters. The lowest BCUT2D eigenvalue weighted by molar-refractivity contribution is -0.156. The summed E-state index contributed by atoms with van der Waals surface area (Å²) < 4.78 is 5.32. The Hall–Kier alpha value is -1.88. The largest absolute Gasteiger partial charge is 0.481 e. The van der Waals surface area contributed by atoms with Gasteiger partial charge in [-0.3, -0.25) is 9.59 Å². The number of aliphatic hydroxyl groups is 1. The Morgan fingerprint density at radius 3 is 2.55 bits per heavy atom. The molecule has 0 saturated heterocycles. The van der Waals surface area contributed by atoms with Crippen molar-refractivity contribution in [2.24, 2.45) is 11.8 Å². The van der Waals surface area contributed by atoms with E-state index in [1.54, 1.807) is 12.1 Å². The van der Waals surface area contributed by atoms with E-state index in [0.717, 1.165) is 5.56 Å². The molecule has 1 saturated carbocycles. The van der Waals surface area contributed by atoms with Crippen LogP contribution in [0.3, 0.4) is 0 Å². The number of para-hydroxylation sites is 1. The lowest BCUT2D eigenvalue weighted by Crippen LogP contribution is -2.39. The highest BCUT2D eigenvalue weighted by molar-refractivity contribution is 5.82. The Morgan fingerprint density at radius 1 is 1.20 bits per heavy atom. The number of hydrogen-bond acceptors (Lipinski definition) is 4. The topological polar surface area (TPSA) is 83.8 Å². The second-order valence-corrected chi connectivity index (χ2v) is 5.20. The van der Waals surface area contributed by atoms with Gasteiger partial charge in [-0.25, -0.2) is 0 Å². The zero-order valence-corrected chi connectivity index (χ0v) is 11.3. The minimum atomic E-state index is -1.06. The summed E-state index contributed by atoms with van der Waals surface area (Å²) in [7, 11) is 0. The van der Waals surface area contributed by atoms with Gasteiger partial charge in [-0.05, 0) is 37.8 Å². The van der Waals surface area contributed by atoms with E-state index in [1.165, 1.54) is 0 Å². The number of benzene rings is 1. The van der Waals surface area contributed by atoms with Crippen molar-refractivity contribution < 1.29 is 24.5 Å². The minimum Gasteiger partial charge on any atom is -0.481 e. The highest BCUT2D eigenvalue weighted by atomic mass is 16.5. The van der Waals surface area contributed by atoms with E-state index in [4.69, 9.17) is 4.74 Å². The zero-order valence-electron chi connectivity index (χ0n) is 11.3. The Balaban J connectivity index is 2.11. The Labute approximate surface area is 117 Å². The summed E-state index contributed by atoms with van der Waals surface area (Å²) in [4.78, 5) is 23.4. The molecule has 0 spiro atoms. The second kappa shape index (κ2) is 6.05. The van der Waals surface area contributed by atoms with Gasteiger partial charge in [0.25, 0.3) is 0 Å². The monoisotopic (exact) mass is 278 g/mol. The molecule has 1 aliphatic carbocycles. The number of aryl methyl sites for hydroxylation is 1. The van der Waals surface area contributed by atoms with Crippen LogP contribution in [0.2, 0.25) is 0 Å². The molecule has 0 aliphatic heterocycles. The number of hydrogen-bond donors (Lipinski definition) is 2. The lowest BCUT2D eigenvalue weighted by atomic mass is 9.78. The fraction of sp³-hybridized carbons (Fsp3) is 0.467. The van der Waals surface area contributed by atoms with Crippen LogP contribution in [0.1, 0.15) is 24.8 Å². The molecule has 1 aromatic rings. The molecule has 0 bridgehead atoms. The van der Waals surface area contributed by atoms with E-state index in [-0.39, 0.29) is 6.42 Å². The van der Waals surface area contributed by atoms with Gasteiger partial charge in [-0.2, -0.15) is 0 Å². The molecular formula is C15H18O5. The summed E-state index contributed by atoms with van der Waals surface area (Å²) in [5.74, 6) is -2.72. The molecule has 1 aromatic carbocycles. The number of aliphatic hydroxyl groups excluding tert-OH is 1. The van der Waals surface area contributed by atoms with Crippen LogP contribution in [0.25, 0.3) is 0 Å². The highest BCUT2D eigenvalue weighted by Crippen LogP contribution is 2.32. The highest BCUT2D eigenvalue weighted by Gasteiger charge is 2.40. The molecule has 0 heterocycles. The first-order chi connectivity index (χ1) is 9.49. The van der Waals surface area contributed by atoms with E-state index in [0.29, 0.717) is 18.6 Å². The van der Waals surface area contributed by atoms with E-state index < -0.39 is 29.9 Å². The zero-order chi connectivity index (χ0) is 14.7. The Kier molecular flexibility index (Phi) is 4.39. The molecular weight excluding hydrogens is 260 g/mol. The third kappa shape index (κ3) is 3.17. The smallest absolute Gasteiger partial charge is 0.315 e. The van der Waals surface area contributed by atoms with Gasteiger partial charge < -0.3 is 14.9 Å². The Bertz CT molecular complexity index is 511. The average Bonchev–Trinajstić information content (AvgIpc) is 2.41. The number of carbonyl (C=O) groups excluding carboxylic acids is 1. The van der Waals surface area contributed by atoms with Gasteiger partial charge in [0.2, 0.25) is 0 Å². The first kappa shape index (κ1) is 14.5. The van der Waals surface area contributed by atoms with Gasteiger partial charge in [0.15, 0.2) is 0 Å². The third-order valence-electron chi connectivity index (χ3n) is 3.75. The maximum Gasteiger partial charge on any atom is 0.315 e. The number of carboxylic acid groups (broad SMARTS) is 1. The number of carbonyl (C=O) groups is 2. The van der Waals surface area contributed by atoms with Crippen molar-refractivity contribution in [3.8, 4) is 5.75 Å². The van der Waals surface area contributed by atoms with Gasteiger partial charge in [-0.15, -0.1) is 0 Å². The van der Waals surface area contributed by atoms with Crippen molar-refractivity contribution in [1.82, 2.24) is 0 Å². The molecule has 3 atom stereocenters. The van der Waals surface area contributed by atoms with Crippen LogP contribution < -0.4 is 4.74 Å². The van der Waals surface area contributed by atoms with E-state index in [1.807, 2.05) is 19.1 Å². The van der Waals surface area contributed by atoms with Crippen molar-refractivity contribution in [1.29, 1.82) is 0 Å². The third-order valence-corrected chi connectivity index (χ3v) is 3.75. The van der Waals surface area contributed by atoms with Crippen molar-refractivity contribution in [2.45, 2.75) is 32.3 Å². The summed E-state index contributed by atoms with van der Waals surface area (Å²) in [6.07, 6.45) is 0.210. The van der Waals surface area contributed by atoms with Gasteiger partial charge in [-0.1, -0.05) is 18.2 Å². The number of rotatable bonds is 3. The first-order valence-corrected chi connectivity index (χ1v) is 6.67. The van der Waals surface area contributed by atoms with E-state index >= 15 is 0 Å². The summed E-state index contributed by atoms with van der Waals surface area (Å²) >= 11 is 0.